The highest BCUT2D eigenvalue weighted by atomic mass is 79.9. The molecule has 0 spiro atoms. The smallest absolute Gasteiger partial charge is 0.0501 e. The van der Waals surface area contributed by atoms with E-state index < -0.39 is 0 Å². The van der Waals surface area contributed by atoms with Gasteiger partial charge in [-0.2, -0.15) is 0 Å². The Kier molecular flexibility index (Phi) is 3.04. The van der Waals surface area contributed by atoms with Gasteiger partial charge in [-0.25, -0.2) is 0 Å². The lowest BCUT2D eigenvalue weighted by atomic mass is 10.0. The van der Waals surface area contributed by atoms with Crippen LogP contribution in [-0.2, 0) is 0 Å². The number of hydrogen-bond acceptors (Lipinski definition) is 1. The van der Waals surface area contributed by atoms with Crippen molar-refractivity contribution in [3.63, 3.8) is 0 Å². The predicted octanol–water partition coefficient (Wildman–Crippen LogP) is 4.26. The fourth-order valence-electron chi connectivity index (χ4n) is 1.87. The van der Waals surface area contributed by atoms with Crippen molar-refractivity contribution in [1.82, 2.24) is 4.98 Å². The first-order valence-electron chi connectivity index (χ1n) is 4.58. The van der Waals surface area contributed by atoms with E-state index in [4.69, 9.17) is 0 Å². The van der Waals surface area contributed by atoms with Crippen LogP contribution in [0.25, 0.3) is 0 Å². The third-order valence-corrected chi connectivity index (χ3v) is 4.42. The first kappa shape index (κ1) is 9.66. The van der Waals surface area contributed by atoms with Crippen LogP contribution in [0, 0.1) is 0 Å². The Hall–Kier alpha value is 0.110. The molecule has 3 heteroatoms. The van der Waals surface area contributed by atoms with E-state index in [2.05, 4.69) is 42.9 Å². The maximum absolute atomic E-state index is 4.44. The Bertz CT molecular complexity index is 306. The van der Waals surface area contributed by atoms with Crippen LogP contribution < -0.4 is 0 Å². The molecule has 0 aliphatic heterocycles. The van der Waals surface area contributed by atoms with Gasteiger partial charge in [-0.05, 0) is 50.8 Å². The van der Waals surface area contributed by atoms with E-state index in [0.717, 1.165) is 8.95 Å². The monoisotopic (exact) mass is 303 g/mol. The van der Waals surface area contributed by atoms with E-state index in [1.165, 1.54) is 31.4 Å². The van der Waals surface area contributed by atoms with E-state index >= 15 is 0 Å². The SMILES string of the molecule is Brc1cnc(C2CCCC2)cc1Br. The average Bonchev–Trinajstić information content (AvgIpc) is 2.62. The summed E-state index contributed by atoms with van der Waals surface area (Å²) in [4.78, 5) is 4.44. The van der Waals surface area contributed by atoms with Gasteiger partial charge in [0.25, 0.3) is 0 Å². The zero-order valence-corrected chi connectivity index (χ0v) is 10.4. The van der Waals surface area contributed by atoms with Gasteiger partial charge in [0.1, 0.15) is 0 Å². The number of halogens is 2. The molecule has 70 valence electrons. The highest BCUT2D eigenvalue weighted by Crippen LogP contribution is 2.35. The molecular formula is C10H11Br2N. The molecule has 1 aromatic heterocycles. The van der Waals surface area contributed by atoms with Crippen LogP contribution in [0.1, 0.15) is 37.3 Å². The van der Waals surface area contributed by atoms with Crippen molar-refractivity contribution in [2.75, 3.05) is 0 Å². The second-order valence-electron chi connectivity index (χ2n) is 3.50. The summed E-state index contributed by atoms with van der Waals surface area (Å²) in [6, 6.07) is 2.14. The number of pyridine rings is 1. The van der Waals surface area contributed by atoms with Crippen LogP contribution in [0.4, 0.5) is 0 Å². The summed E-state index contributed by atoms with van der Waals surface area (Å²) in [5.74, 6) is 0.699. The Morgan fingerprint density at radius 2 is 1.85 bits per heavy atom. The molecule has 0 N–H and O–H groups in total. The van der Waals surface area contributed by atoms with Crippen molar-refractivity contribution in [2.24, 2.45) is 0 Å². The van der Waals surface area contributed by atoms with Gasteiger partial charge in [-0.15, -0.1) is 0 Å². The van der Waals surface area contributed by atoms with Crippen molar-refractivity contribution in [3.8, 4) is 0 Å². The average molecular weight is 305 g/mol. The molecule has 1 aliphatic carbocycles. The third-order valence-electron chi connectivity index (χ3n) is 2.60. The van der Waals surface area contributed by atoms with E-state index in [0.29, 0.717) is 5.92 Å². The Morgan fingerprint density at radius 3 is 2.46 bits per heavy atom. The van der Waals surface area contributed by atoms with Gasteiger partial charge in [-0.1, -0.05) is 12.8 Å². The van der Waals surface area contributed by atoms with Crippen molar-refractivity contribution >= 4 is 31.9 Å². The first-order valence-corrected chi connectivity index (χ1v) is 6.17. The second kappa shape index (κ2) is 4.09. The minimum atomic E-state index is 0.699. The first-order chi connectivity index (χ1) is 6.27. The summed E-state index contributed by atoms with van der Waals surface area (Å²) in [6.45, 7) is 0. The van der Waals surface area contributed by atoms with Gasteiger partial charge >= 0.3 is 0 Å². The van der Waals surface area contributed by atoms with E-state index in [9.17, 15) is 0 Å². The lowest BCUT2D eigenvalue weighted by Gasteiger charge is -2.08. The standard InChI is InChI=1S/C10H11Br2N/c11-8-5-10(13-6-9(8)12)7-3-1-2-4-7/h5-7H,1-4H2. The van der Waals surface area contributed by atoms with Crippen molar-refractivity contribution in [1.29, 1.82) is 0 Å². The molecule has 0 bridgehead atoms. The van der Waals surface area contributed by atoms with Crippen molar-refractivity contribution in [3.05, 3.63) is 26.9 Å². The highest BCUT2D eigenvalue weighted by Gasteiger charge is 2.18. The van der Waals surface area contributed by atoms with Gasteiger partial charge in [0.2, 0.25) is 0 Å². The second-order valence-corrected chi connectivity index (χ2v) is 5.21. The lowest BCUT2D eigenvalue weighted by Crippen LogP contribution is -1.95. The van der Waals surface area contributed by atoms with Gasteiger partial charge in [0, 0.05) is 22.3 Å². The molecule has 1 aromatic rings. The number of hydrogen-bond donors (Lipinski definition) is 0. The molecule has 0 saturated heterocycles. The molecule has 1 fully saturated rings. The Labute approximate surface area is 95.2 Å². The van der Waals surface area contributed by atoms with Crippen LogP contribution in [0.2, 0.25) is 0 Å². The van der Waals surface area contributed by atoms with E-state index in [1.807, 2.05) is 6.20 Å². The third kappa shape index (κ3) is 2.13. The fourth-order valence-corrected chi connectivity index (χ4v) is 2.43. The molecule has 1 heterocycles. The van der Waals surface area contributed by atoms with Crippen LogP contribution >= 0.6 is 31.9 Å². The number of rotatable bonds is 1. The summed E-state index contributed by atoms with van der Waals surface area (Å²) in [5.41, 5.74) is 1.24. The van der Waals surface area contributed by atoms with E-state index in [-0.39, 0.29) is 0 Å². The van der Waals surface area contributed by atoms with Crippen LogP contribution in [-0.4, -0.2) is 4.98 Å². The maximum Gasteiger partial charge on any atom is 0.0501 e. The van der Waals surface area contributed by atoms with Gasteiger partial charge < -0.3 is 0 Å². The van der Waals surface area contributed by atoms with Crippen LogP contribution in [0.5, 0.6) is 0 Å². The van der Waals surface area contributed by atoms with Crippen LogP contribution in [0.3, 0.4) is 0 Å². The molecule has 0 amide bonds. The minimum Gasteiger partial charge on any atom is -0.260 e. The van der Waals surface area contributed by atoms with Gasteiger partial charge in [-0.3, -0.25) is 4.98 Å². The summed E-state index contributed by atoms with van der Waals surface area (Å²) in [6.07, 6.45) is 7.22. The molecule has 1 saturated carbocycles. The summed E-state index contributed by atoms with van der Waals surface area (Å²) in [5, 5.41) is 0. The lowest BCUT2D eigenvalue weighted by molar-refractivity contribution is 0.696. The quantitative estimate of drug-likeness (QED) is 0.755. The predicted molar refractivity (Wildman–Crippen MR) is 60.8 cm³/mol. The minimum absolute atomic E-state index is 0.699. The van der Waals surface area contributed by atoms with E-state index in [1.54, 1.807) is 0 Å². The number of aromatic nitrogens is 1. The van der Waals surface area contributed by atoms with Gasteiger partial charge in [0.05, 0.1) is 4.47 Å². The molecule has 2 rings (SSSR count). The van der Waals surface area contributed by atoms with Crippen LogP contribution in [0.15, 0.2) is 21.2 Å². The van der Waals surface area contributed by atoms with Crippen molar-refractivity contribution < 1.29 is 0 Å². The summed E-state index contributed by atoms with van der Waals surface area (Å²) < 4.78 is 2.15. The number of nitrogens with zero attached hydrogens (tertiary/aromatic N) is 1. The molecule has 1 aliphatic rings. The molecule has 1 nitrogen and oxygen atoms in total. The van der Waals surface area contributed by atoms with Crippen molar-refractivity contribution in [2.45, 2.75) is 31.6 Å². The van der Waals surface area contributed by atoms with Gasteiger partial charge in [0.15, 0.2) is 0 Å². The summed E-state index contributed by atoms with van der Waals surface area (Å²) in [7, 11) is 0. The maximum atomic E-state index is 4.44. The fraction of sp³-hybridized carbons (Fsp3) is 0.500. The topological polar surface area (TPSA) is 12.9 Å². The highest BCUT2D eigenvalue weighted by molar-refractivity contribution is 9.13. The molecule has 0 atom stereocenters. The zero-order valence-electron chi connectivity index (χ0n) is 7.26. The molecule has 0 unspecified atom stereocenters. The largest absolute Gasteiger partial charge is 0.260 e. The molecular weight excluding hydrogens is 294 g/mol. The Balaban J connectivity index is 2.25. The summed E-state index contributed by atoms with van der Waals surface area (Å²) >= 11 is 6.93. The molecule has 0 radical (unpaired) electrons. The Morgan fingerprint density at radius 1 is 1.15 bits per heavy atom. The molecule has 13 heavy (non-hydrogen) atoms. The molecule has 0 aromatic carbocycles. The normalized spacial score (nSPS) is 18.0. The zero-order chi connectivity index (χ0) is 9.26.